The molecule has 2 heterocycles. The van der Waals surface area contributed by atoms with Crippen LogP contribution < -0.4 is 10.1 Å². The fraction of sp³-hybridized carbons (Fsp3) is 0.231. The number of rotatable bonds is 10. The number of thioether (sulfide) groups is 1. The lowest BCUT2D eigenvalue weighted by atomic mass is 10.0. The minimum absolute atomic E-state index is 0.0348. The Bertz CT molecular complexity index is 1460. The van der Waals surface area contributed by atoms with Crippen LogP contribution in [0.1, 0.15) is 28.7 Å². The van der Waals surface area contributed by atoms with Gasteiger partial charge >= 0.3 is 5.97 Å². The second kappa shape index (κ2) is 12.4. The number of aromatic nitrogens is 3. The second-order valence-electron chi connectivity index (χ2n) is 8.05. The van der Waals surface area contributed by atoms with Gasteiger partial charge in [0.1, 0.15) is 28.7 Å². The molecule has 0 fully saturated rings. The molecule has 0 aliphatic heterocycles. The van der Waals surface area contributed by atoms with Crippen LogP contribution in [-0.4, -0.2) is 39.5 Å². The number of nitrogens with one attached hydrogen (secondary N) is 1. The zero-order valence-electron chi connectivity index (χ0n) is 20.8. The van der Waals surface area contributed by atoms with Gasteiger partial charge in [0.25, 0.3) is 0 Å². The van der Waals surface area contributed by atoms with Gasteiger partial charge in [-0.15, -0.1) is 21.5 Å². The molecule has 0 spiro atoms. The summed E-state index contributed by atoms with van der Waals surface area (Å²) in [7, 11) is 1.27. The van der Waals surface area contributed by atoms with E-state index in [0.717, 1.165) is 5.56 Å². The maximum atomic E-state index is 13.4. The number of aryl methyl sites for hydroxylation is 1. The van der Waals surface area contributed by atoms with Crippen molar-refractivity contribution < 1.29 is 23.5 Å². The SMILES string of the molecule is CCn1c(COc2cc(C)ccc2Cl)nnc1SCC(=O)Nc1scc(-c2ccc(F)cc2)c1C(=O)OC. The number of amides is 1. The Morgan fingerprint density at radius 3 is 2.66 bits per heavy atom. The average molecular weight is 575 g/mol. The summed E-state index contributed by atoms with van der Waals surface area (Å²) in [6.07, 6.45) is 0. The van der Waals surface area contributed by atoms with Crippen molar-refractivity contribution >= 4 is 51.6 Å². The number of carbonyl (C=O) groups is 2. The molecule has 0 aliphatic carbocycles. The topological polar surface area (TPSA) is 95.3 Å². The Morgan fingerprint density at radius 1 is 1.18 bits per heavy atom. The Labute approximate surface area is 232 Å². The third-order valence-corrected chi connectivity index (χ3v) is 7.65. The summed E-state index contributed by atoms with van der Waals surface area (Å²) in [4.78, 5) is 25.3. The molecule has 4 aromatic rings. The van der Waals surface area contributed by atoms with Crippen molar-refractivity contribution in [1.82, 2.24) is 14.8 Å². The Morgan fingerprint density at radius 2 is 1.95 bits per heavy atom. The van der Waals surface area contributed by atoms with E-state index in [1.54, 1.807) is 23.6 Å². The number of methoxy groups -OCH3 is 1. The van der Waals surface area contributed by atoms with Crippen molar-refractivity contribution in [1.29, 1.82) is 0 Å². The molecule has 2 aromatic heterocycles. The van der Waals surface area contributed by atoms with Crippen LogP contribution in [0.2, 0.25) is 5.02 Å². The summed E-state index contributed by atoms with van der Waals surface area (Å²) in [6, 6.07) is 11.3. The number of hydrogen-bond acceptors (Lipinski definition) is 8. The summed E-state index contributed by atoms with van der Waals surface area (Å²) in [5, 5.41) is 14.3. The number of carbonyl (C=O) groups excluding carboxylic acids is 2. The van der Waals surface area contributed by atoms with Crippen molar-refractivity contribution in [3.8, 4) is 16.9 Å². The Hall–Kier alpha value is -3.41. The second-order valence-corrected chi connectivity index (χ2v) is 10.3. The number of esters is 1. The van der Waals surface area contributed by atoms with Crippen LogP contribution in [0.3, 0.4) is 0 Å². The highest BCUT2D eigenvalue weighted by Crippen LogP contribution is 2.36. The maximum absolute atomic E-state index is 13.4. The largest absolute Gasteiger partial charge is 0.484 e. The van der Waals surface area contributed by atoms with E-state index in [1.807, 2.05) is 30.5 Å². The molecule has 12 heteroatoms. The molecule has 4 rings (SSSR count). The zero-order chi connectivity index (χ0) is 27.2. The van der Waals surface area contributed by atoms with Crippen LogP contribution in [-0.2, 0) is 22.7 Å². The molecule has 2 aromatic carbocycles. The lowest BCUT2D eigenvalue weighted by molar-refractivity contribution is -0.113. The smallest absolute Gasteiger partial charge is 0.341 e. The number of benzene rings is 2. The molecule has 1 amide bonds. The molecule has 0 saturated carbocycles. The number of anilines is 1. The predicted octanol–water partition coefficient (Wildman–Crippen LogP) is 6.22. The van der Waals surface area contributed by atoms with Crippen molar-refractivity contribution in [2.24, 2.45) is 0 Å². The number of hydrogen-bond donors (Lipinski definition) is 1. The highest BCUT2D eigenvalue weighted by Gasteiger charge is 2.23. The number of thiophene rings is 1. The van der Waals surface area contributed by atoms with Crippen LogP contribution in [0.25, 0.3) is 11.1 Å². The monoisotopic (exact) mass is 574 g/mol. The molecule has 0 bridgehead atoms. The molecular formula is C26H24ClFN4O4S2. The molecule has 0 atom stereocenters. The predicted molar refractivity (Wildman–Crippen MR) is 147 cm³/mol. The minimum atomic E-state index is -0.599. The Kier molecular flexibility index (Phi) is 9.03. The average Bonchev–Trinajstić information content (AvgIpc) is 3.51. The van der Waals surface area contributed by atoms with Crippen LogP contribution in [0.4, 0.5) is 9.39 Å². The van der Waals surface area contributed by atoms with Crippen LogP contribution >= 0.6 is 34.7 Å². The molecule has 1 N–H and O–H groups in total. The van der Waals surface area contributed by atoms with Gasteiger partial charge in [-0.05, 0) is 49.2 Å². The van der Waals surface area contributed by atoms with E-state index in [2.05, 4.69) is 15.5 Å². The van der Waals surface area contributed by atoms with Crippen molar-refractivity contribution in [3.63, 3.8) is 0 Å². The standard InChI is InChI=1S/C26H24ClFN4O4S2/c1-4-32-21(12-36-20-11-15(2)5-10-19(20)27)30-31-26(32)38-14-22(33)29-24-23(25(34)35-3)18(13-37-24)16-6-8-17(28)9-7-16/h5-11,13H,4,12,14H2,1-3H3,(H,29,33). The maximum Gasteiger partial charge on any atom is 0.341 e. The zero-order valence-corrected chi connectivity index (χ0v) is 23.2. The normalized spacial score (nSPS) is 10.9. The third-order valence-electron chi connectivity index (χ3n) is 5.47. The Balaban J connectivity index is 1.43. The number of halogens is 2. The summed E-state index contributed by atoms with van der Waals surface area (Å²) in [5.41, 5.74) is 2.42. The molecule has 8 nitrogen and oxygen atoms in total. The quantitative estimate of drug-likeness (QED) is 0.177. The van der Waals surface area contributed by atoms with Gasteiger partial charge in [0, 0.05) is 17.5 Å². The van der Waals surface area contributed by atoms with Gasteiger partial charge in [-0.2, -0.15) is 0 Å². The fourth-order valence-corrected chi connectivity index (χ4v) is 5.57. The van der Waals surface area contributed by atoms with Gasteiger partial charge in [-0.1, -0.05) is 41.6 Å². The van der Waals surface area contributed by atoms with E-state index in [0.29, 0.717) is 44.4 Å². The van der Waals surface area contributed by atoms with Crippen molar-refractivity contribution in [2.75, 3.05) is 18.2 Å². The first-order chi connectivity index (χ1) is 18.3. The summed E-state index contributed by atoms with van der Waals surface area (Å²) >= 11 is 8.62. The first-order valence-corrected chi connectivity index (χ1v) is 13.7. The fourth-order valence-electron chi connectivity index (χ4n) is 3.60. The van der Waals surface area contributed by atoms with Gasteiger partial charge in [-0.25, -0.2) is 9.18 Å². The summed E-state index contributed by atoms with van der Waals surface area (Å²) in [6.45, 7) is 4.64. The molecule has 0 saturated heterocycles. The molecule has 38 heavy (non-hydrogen) atoms. The highest BCUT2D eigenvalue weighted by atomic mass is 35.5. The first kappa shape index (κ1) is 27.6. The van der Waals surface area contributed by atoms with E-state index in [-0.39, 0.29) is 29.6 Å². The molecule has 0 radical (unpaired) electrons. The van der Waals surface area contributed by atoms with E-state index in [1.165, 1.54) is 42.3 Å². The number of nitrogens with zero attached hydrogens (tertiary/aromatic N) is 3. The van der Waals surface area contributed by atoms with Gasteiger partial charge in [0.2, 0.25) is 5.91 Å². The lowest BCUT2D eigenvalue weighted by Gasteiger charge is -2.10. The lowest BCUT2D eigenvalue weighted by Crippen LogP contribution is -2.16. The van der Waals surface area contributed by atoms with E-state index in [9.17, 15) is 14.0 Å². The van der Waals surface area contributed by atoms with Crippen molar-refractivity contribution in [3.05, 3.63) is 75.6 Å². The highest BCUT2D eigenvalue weighted by molar-refractivity contribution is 7.99. The van der Waals surface area contributed by atoms with E-state index < -0.39 is 5.97 Å². The van der Waals surface area contributed by atoms with Gasteiger partial charge in [0.05, 0.1) is 17.9 Å². The van der Waals surface area contributed by atoms with E-state index in [4.69, 9.17) is 21.1 Å². The molecule has 198 valence electrons. The third kappa shape index (κ3) is 6.35. The van der Waals surface area contributed by atoms with Crippen LogP contribution in [0.15, 0.2) is 53.0 Å². The van der Waals surface area contributed by atoms with Gasteiger partial charge in [-0.3, -0.25) is 4.79 Å². The minimum Gasteiger partial charge on any atom is -0.484 e. The van der Waals surface area contributed by atoms with Crippen LogP contribution in [0.5, 0.6) is 5.75 Å². The number of ether oxygens (including phenoxy) is 2. The summed E-state index contributed by atoms with van der Waals surface area (Å²) < 4.78 is 26.0. The molecule has 0 aliphatic rings. The van der Waals surface area contributed by atoms with E-state index >= 15 is 0 Å². The molecule has 0 unspecified atom stereocenters. The van der Waals surface area contributed by atoms with Crippen LogP contribution in [0, 0.1) is 12.7 Å². The molecular weight excluding hydrogens is 551 g/mol. The van der Waals surface area contributed by atoms with Gasteiger partial charge < -0.3 is 19.4 Å². The first-order valence-electron chi connectivity index (χ1n) is 11.5. The summed E-state index contributed by atoms with van der Waals surface area (Å²) in [5.74, 6) is -0.123. The van der Waals surface area contributed by atoms with Crippen molar-refractivity contribution in [2.45, 2.75) is 32.2 Å². The van der Waals surface area contributed by atoms with Gasteiger partial charge in [0.15, 0.2) is 11.0 Å².